The van der Waals surface area contributed by atoms with Crippen molar-refractivity contribution in [2.45, 2.75) is 0 Å². The van der Waals surface area contributed by atoms with E-state index in [9.17, 15) is 9.90 Å². The lowest BCUT2D eigenvalue weighted by Gasteiger charge is -2.27. The molecule has 0 unspecified atom stereocenters. The fraction of sp³-hybridized carbons (Fsp3) is 0.0345. The molecule has 34 heavy (non-hydrogen) atoms. The van der Waals surface area contributed by atoms with Crippen molar-refractivity contribution in [3.05, 3.63) is 127 Å². The Morgan fingerprint density at radius 1 is 0.676 bits per heavy atom. The van der Waals surface area contributed by atoms with Crippen LogP contribution >= 0.6 is 7.26 Å². The molecule has 0 radical (unpaired) electrons. The van der Waals surface area contributed by atoms with Gasteiger partial charge in [0.15, 0.2) is 0 Å². The number of rotatable bonds is 7. The maximum atomic E-state index is 14.0. The molecule has 0 fully saturated rings. The second-order valence-electron chi connectivity index (χ2n) is 8.04. The molecule has 0 amide bonds. The SMILES string of the molecule is O=C(C[P+](c1ccccc1)(c1ccccc1)c1ccccc1)c1c(-c2ccccc2)n[nH]c1[O-]. The zero-order valence-electron chi connectivity index (χ0n) is 18.5. The molecule has 0 saturated carbocycles. The third kappa shape index (κ3) is 3.93. The predicted octanol–water partition coefficient (Wildman–Crippen LogP) is 4.33. The van der Waals surface area contributed by atoms with Crippen LogP contribution in [-0.2, 0) is 0 Å². The molecule has 5 heteroatoms. The summed E-state index contributed by atoms with van der Waals surface area (Å²) in [6.07, 6.45) is 0.194. The van der Waals surface area contributed by atoms with E-state index in [1.807, 2.05) is 84.9 Å². The summed E-state index contributed by atoms with van der Waals surface area (Å²) in [5, 5.41) is 22.8. The Bertz CT molecular complexity index is 1290. The molecule has 1 heterocycles. The average Bonchev–Trinajstić information content (AvgIpc) is 3.31. The summed E-state index contributed by atoms with van der Waals surface area (Å²) in [6, 6.07) is 39.9. The van der Waals surface area contributed by atoms with Crippen molar-refractivity contribution in [1.29, 1.82) is 0 Å². The van der Waals surface area contributed by atoms with Gasteiger partial charge in [0.05, 0.1) is 5.56 Å². The third-order valence-electron chi connectivity index (χ3n) is 6.03. The molecular formula is C29H23N2O2P. The van der Waals surface area contributed by atoms with Crippen LogP contribution in [0, 0.1) is 0 Å². The second kappa shape index (κ2) is 9.46. The van der Waals surface area contributed by atoms with Gasteiger partial charge in [-0.2, -0.15) is 5.10 Å². The van der Waals surface area contributed by atoms with E-state index in [0.29, 0.717) is 5.69 Å². The van der Waals surface area contributed by atoms with E-state index >= 15 is 0 Å². The van der Waals surface area contributed by atoms with E-state index in [4.69, 9.17) is 0 Å². The molecule has 5 aromatic rings. The van der Waals surface area contributed by atoms with Gasteiger partial charge in [0, 0.05) is 5.56 Å². The van der Waals surface area contributed by atoms with Crippen molar-refractivity contribution in [3.8, 4) is 17.1 Å². The molecule has 0 aliphatic rings. The van der Waals surface area contributed by atoms with Crippen molar-refractivity contribution in [2.24, 2.45) is 0 Å². The number of ketones is 1. The standard InChI is InChI=1S/C29H23N2O2P/c32-26(27-28(30-31-29(27)33)22-13-5-1-6-14-22)21-34(23-15-7-2-8-16-23,24-17-9-3-10-18-24)25-19-11-4-12-20-25/h1-20H,21H2,(H-,30,31,32,33). The number of carbonyl (C=O) groups excluding carboxylic acids is 1. The van der Waals surface area contributed by atoms with Gasteiger partial charge in [-0.3, -0.25) is 9.89 Å². The Morgan fingerprint density at radius 2 is 1.09 bits per heavy atom. The van der Waals surface area contributed by atoms with Crippen LogP contribution in [0.15, 0.2) is 121 Å². The lowest BCUT2D eigenvalue weighted by atomic mass is 10.1. The van der Waals surface area contributed by atoms with E-state index < -0.39 is 13.1 Å². The number of H-pyrrole nitrogens is 1. The first-order valence-electron chi connectivity index (χ1n) is 11.1. The number of aromatic nitrogens is 2. The molecule has 1 aromatic heterocycles. The van der Waals surface area contributed by atoms with Crippen molar-refractivity contribution in [2.75, 3.05) is 6.16 Å². The molecule has 0 spiro atoms. The smallest absolute Gasteiger partial charge is 0.204 e. The Hall–Kier alpha value is -4.01. The number of hydrogen-bond acceptors (Lipinski definition) is 3. The quantitative estimate of drug-likeness (QED) is 0.289. The van der Waals surface area contributed by atoms with Gasteiger partial charge >= 0.3 is 0 Å². The van der Waals surface area contributed by atoms with Gasteiger partial charge in [-0.1, -0.05) is 84.9 Å². The summed E-state index contributed by atoms with van der Waals surface area (Å²) in [5.41, 5.74) is 1.27. The van der Waals surface area contributed by atoms with Gasteiger partial charge in [-0.05, 0) is 42.3 Å². The summed E-state index contributed by atoms with van der Waals surface area (Å²) in [4.78, 5) is 14.0. The van der Waals surface area contributed by atoms with Crippen LogP contribution < -0.4 is 21.0 Å². The van der Waals surface area contributed by atoms with E-state index in [1.54, 1.807) is 0 Å². The molecule has 0 bridgehead atoms. The highest BCUT2D eigenvalue weighted by Gasteiger charge is 2.47. The monoisotopic (exact) mass is 462 g/mol. The number of Topliss-reactive ketones (excluding diaryl/α,β-unsaturated/α-hetero) is 1. The van der Waals surface area contributed by atoms with Crippen molar-refractivity contribution >= 4 is 29.0 Å². The molecule has 1 N–H and O–H groups in total. The molecule has 0 aliphatic heterocycles. The lowest BCUT2D eigenvalue weighted by Crippen LogP contribution is -2.36. The van der Waals surface area contributed by atoms with Crippen molar-refractivity contribution in [1.82, 2.24) is 10.2 Å². The Labute approximate surface area is 199 Å². The van der Waals surface area contributed by atoms with E-state index in [1.165, 1.54) is 0 Å². The zero-order chi connectivity index (χ0) is 23.4. The van der Waals surface area contributed by atoms with Gasteiger partial charge in [0.25, 0.3) is 0 Å². The van der Waals surface area contributed by atoms with Crippen LogP contribution in [-0.4, -0.2) is 22.1 Å². The van der Waals surface area contributed by atoms with E-state index in [0.717, 1.165) is 21.5 Å². The molecule has 166 valence electrons. The predicted molar refractivity (Wildman–Crippen MR) is 138 cm³/mol. The highest BCUT2D eigenvalue weighted by atomic mass is 31.2. The fourth-order valence-corrected chi connectivity index (χ4v) is 8.53. The minimum Gasteiger partial charge on any atom is -0.858 e. The first-order chi connectivity index (χ1) is 16.7. The molecule has 0 saturated heterocycles. The Morgan fingerprint density at radius 3 is 1.53 bits per heavy atom. The van der Waals surface area contributed by atoms with Crippen LogP contribution in [0.5, 0.6) is 5.88 Å². The van der Waals surface area contributed by atoms with Crippen LogP contribution in [0.3, 0.4) is 0 Å². The average molecular weight is 462 g/mol. The van der Waals surface area contributed by atoms with Crippen LogP contribution in [0.25, 0.3) is 11.3 Å². The number of nitrogens with one attached hydrogen (secondary N) is 1. The summed E-state index contributed by atoms with van der Waals surface area (Å²) in [6.45, 7) is 0. The minimum atomic E-state index is -2.41. The first-order valence-corrected chi connectivity index (χ1v) is 13.1. The maximum absolute atomic E-state index is 14.0. The van der Waals surface area contributed by atoms with Gasteiger partial charge < -0.3 is 5.11 Å². The van der Waals surface area contributed by atoms with Gasteiger partial charge in [-0.15, -0.1) is 0 Å². The number of aromatic amines is 1. The summed E-state index contributed by atoms with van der Waals surface area (Å²) in [5.74, 6) is -0.654. The lowest BCUT2D eigenvalue weighted by molar-refractivity contribution is -0.275. The van der Waals surface area contributed by atoms with Crippen molar-refractivity contribution in [3.63, 3.8) is 0 Å². The highest BCUT2D eigenvalue weighted by Crippen LogP contribution is 2.56. The van der Waals surface area contributed by atoms with Crippen LogP contribution in [0.4, 0.5) is 0 Å². The van der Waals surface area contributed by atoms with Gasteiger partial charge in [-0.25, -0.2) is 0 Å². The van der Waals surface area contributed by atoms with E-state index in [-0.39, 0.29) is 17.5 Å². The Balaban J connectivity index is 1.71. The molecule has 5 rings (SSSR count). The normalized spacial score (nSPS) is 11.3. The summed E-state index contributed by atoms with van der Waals surface area (Å²) in [7, 11) is -2.41. The summed E-state index contributed by atoms with van der Waals surface area (Å²) >= 11 is 0. The number of benzene rings is 4. The zero-order valence-corrected chi connectivity index (χ0v) is 19.4. The second-order valence-corrected chi connectivity index (χ2v) is 11.5. The maximum Gasteiger partial charge on any atom is 0.204 e. The Kier molecular flexibility index (Phi) is 6.07. The highest BCUT2D eigenvalue weighted by molar-refractivity contribution is 7.96. The van der Waals surface area contributed by atoms with Crippen molar-refractivity contribution < 1.29 is 9.90 Å². The minimum absolute atomic E-state index is 0.123. The van der Waals surface area contributed by atoms with Crippen LogP contribution in [0.2, 0.25) is 0 Å². The number of carbonyl (C=O) groups is 1. The number of hydrogen-bond donors (Lipinski definition) is 1. The molecule has 0 atom stereocenters. The largest absolute Gasteiger partial charge is 0.858 e. The first kappa shape index (κ1) is 21.8. The topological polar surface area (TPSA) is 68.8 Å². The third-order valence-corrected chi connectivity index (χ3v) is 10.3. The molecular weight excluding hydrogens is 439 g/mol. The van der Waals surface area contributed by atoms with E-state index in [2.05, 4.69) is 46.6 Å². The van der Waals surface area contributed by atoms with Crippen LogP contribution in [0.1, 0.15) is 10.4 Å². The van der Waals surface area contributed by atoms with Gasteiger partial charge in [0.2, 0.25) is 5.78 Å². The number of nitrogens with zero attached hydrogens (tertiary/aromatic N) is 1. The molecule has 0 aliphatic carbocycles. The summed E-state index contributed by atoms with van der Waals surface area (Å²) < 4.78 is 0. The molecule has 4 aromatic carbocycles. The molecule has 4 nitrogen and oxygen atoms in total. The fourth-order valence-electron chi connectivity index (χ4n) is 4.45. The van der Waals surface area contributed by atoms with Gasteiger partial charge in [0.1, 0.15) is 35.0 Å².